The number of ether oxygens (including phenoxy) is 1. The van der Waals surface area contributed by atoms with Crippen LogP contribution in [0.1, 0.15) is 39.2 Å². The van der Waals surface area contributed by atoms with E-state index in [1.165, 1.54) is 18.4 Å². The van der Waals surface area contributed by atoms with Crippen molar-refractivity contribution >= 4 is 50.5 Å². The van der Waals surface area contributed by atoms with Gasteiger partial charge < -0.3 is 4.74 Å². The zero-order chi connectivity index (χ0) is 18.5. The number of methoxy groups -OCH3 is 1. The number of halogens is 1. The minimum absolute atomic E-state index is 0.419. The smallest absolute Gasteiger partial charge is 0.341 e. The number of amides is 2. The molecule has 1 aliphatic rings. The van der Waals surface area contributed by atoms with Crippen molar-refractivity contribution in [1.82, 2.24) is 5.43 Å². The molecule has 26 heavy (non-hydrogen) atoms. The number of urea groups is 1. The van der Waals surface area contributed by atoms with E-state index < -0.39 is 12.0 Å². The molecule has 6 nitrogen and oxygen atoms in total. The molecule has 8 heteroatoms. The molecular formula is C18H18BrN3O3S. The van der Waals surface area contributed by atoms with E-state index in [0.717, 1.165) is 46.2 Å². The van der Waals surface area contributed by atoms with Crippen LogP contribution in [0.15, 0.2) is 33.8 Å². The number of rotatable bonds is 4. The van der Waals surface area contributed by atoms with E-state index in [1.807, 2.05) is 24.3 Å². The lowest BCUT2D eigenvalue weighted by Crippen LogP contribution is -2.24. The third kappa shape index (κ3) is 4.31. The molecule has 0 unspecified atom stereocenters. The summed E-state index contributed by atoms with van der Waals surface area (Å²) in [5, 5.41) is 7.17. The summed E-state index contributed by atoms with van der Waals surface area (Å²) in [6.45, 7) is 0. The highest BCUT2D eigenvalue weighted by Crippen LogP contribution is 2.38. The molecule has 0 saturated carbocycles. The van der Waals surface area contributed by atoms with Crippen molar-refractivity contribution in [2.45, 2.75) is 25.7 Å². The van der Waals surface area contributed by atoms with E-state index in [4.69, 9.17) is 4.74 Å². The lowest BCUT2D eigenvalue weighted by Gasteiger charge is -2.11. The van der Waals surface area contributed by atoms with E-state index in [2.05, 4.69) is 31.8 Å². The van der Waals surface area contributed by atoms with Crippen molar-refractivity contribution in [3.63, 3.8) is 0 Å². The third-order valence-corrected chi connectivity index (χ3v) is 5.72. The van der Waals surface area contributed by atoms with Gasteiger partial charge in [0.15, 0.2) is 0 Å². The number of esters is 1. The van der Waals surface area contributed by atoms with Gasteiger partial charge in [-0.05, 0) is 48.9 Å². The highest BCUT2D eigenvalue weighted by Gasteiger charge is 2.26. The van der Waals surface area contributed by atoms with E-state index in [1.54, 1.807) is 6.21 Å². The molecule has 1 aromatic carbocycles. The van der Waals surface area contributed by atoms with Gasteiger partial charge in [0.1, 0.15) is 5.00 Å². The van der Waals surface area contributed by atoms with E-state index in [9.17, 15) is 9.59 Å². The second-order valence-corrected chi connectivity index (χ2v) is 7.81. The average Bonchev–Trinajstić information content (AvgIpc) is 2.99. The van der Waals surface area contributed by atoms with E-state index in [-0.39, 0.29) is 0 Å². The molecule has 1 aromatic heterocycles. The molecule has 1 heterocycles. The predicted octanol–water partition coefficient (Wildman–Crippen LogP) is 4.33. The monoisotopic (exact) mass is 435 g/mol. The molecule has 0 atom stereocenters. The Labute approximate surface area is 163 Å². The van der Waals surface area contributed by atoms with Gasteiger partial charge in [0.05, 0.1) is 18.9 Å². The maximum atomic E-state index is 12.2. The first-order chi connectivity index (χ1) is 12.6. The first-order valence-corrected chi connectivity index (χ1v) is 9.78. The van der Waals surface area contributed by atoms with Gasteiger partial charge in [-0.2, -0.15) is 5.10 Å². The summed E-state index contributed by atoms with van der Waals surface area (Å²) in [6, 6.07) is 7.04. The number of hydrogen-bond donors (Lipinski definition) is 2. The third-order valence-electron chi connectivity index (χ3n) is 4.02. The summed E-state index contributed by atoms with van der Waals surface area (Å²) in [5.74, 6) is -0.419. The number of nitrogens with one attached hydrogen (secondary N) is 2. The van der Waals surface area contributed by atoms with Crippen LogP contribution in [-0.2, 0) is 17.6 Å². The summed E-state index contributed by atoms with van der Waals surface area (Å²) in [6.07, 6.45) is 5.44. The lowest BCUT2D eigenvalue weighted by molar-refractivity contribution is 0.0601. The van der Waals surface area contributed by atoms with Crippen molar-refractivity contribution in [3.8, 4) is 0 Å². The summed E-state index contributed by atoms with van der Waals surface area (Å²) in [5.41, 5.74) is 4.74. The summed E-state index contributed by atoms with van der Waals surface area (Å²) in [4.78, 5) is 25.5. The second kappa shape index (κ2) is 8.46. The molecule has 0 radical (unpaired) electrons. The molecule has 0 fully saturated rings. The van der Waals surface area contributed by atoms with Gasteiger partial charge in [-0.25, -0.2) is 15.0 Å². The van der Waals surface area contributed by atoms with Crippen molar-refractivity contribution in [3.05, 3.63) is 50.3 Å². The van der Waals surface area contributed by atoms with E-state index >= 15 is 0 Å². The van der Waals surface area contributed by atoms with Gasteiger partial charge in [-0.3, -0.25) is 5.32 Å². The fourth-order valence-corrected chi connectivity index (χ4v) is 4.54. The quantitative estimate of drug-likeness (QED) is 0.425. The number of hydrogen-bond acceptors (Lipinski definition) is 5. The predicted molar refractivity (Wildman–Crippen MR) is 106 cm³/mol. The zero-order valence-electron chi connectivity index (χ0n) is 14.2. The first-order valence-electron chi connectivity index (χ1n) is 8.17. The summed E-state index contributed by atoms with van der Waals surface area (Å²) >= 11 is 4.81. The van der Waals surface area contributed by atoms with Crippen LogP contribution in [0.4, 0.5) is 9.80 Å². The van der Waals surface area contributed by atoms with Crippen molar-refractivity contribution in [2.75, 3.05) is 12.4 Å². The number of hydrazone groups is 1. The van der Waals surface area contributed by atoms with Crippen molar-refractivity contribution in [2.24, 2.45) is 5.10 Å². The molecular weight excluding hydrogens is 418 g/mol. The summed E-state index contributed by atoms with van der Waals surface area (Å²) < 4.78 is 5.82. The molecule has 136 valence electrons. The van der Waals surface area contributed by atoms with Crippen molar-refractivity contribution < 1.29 is 14.3 Å². The van der Waals surface area contributed by atoms with Gasteiger partial charge in [-0.1, -0.05) is 28.1 Å². The normalized spacial score (nSPS) is 13.3. The molecule has 2 amide bonds. The highest BCUT2D eigenvalue weighted by atomic mass is 79.9. The number of carbonyl (C=O) groups excluding carboxylic acids is 2. The van der Waals surface area contributed by atoms with Crippen LogP contribution in [0.3, 0.4) is 0 Å². The molecule has 1 aliphatic carbocycles. The molecule has 0 saturated heterocycles. The molecule has 0 bridgehead atoms. The number of thiophene rings is 1. The minimum Gasteiger partial charge on any atom is -0.465 e. The van der Waals surface area contributed by atoms with Crippen molar-refractivity contribution in [1.29, 1.82) is 0 Å². The largest absolute Gasteiger partial charge is 0.465 e. The number of benzene rings is 1. The number of anilines is 1. The molecule has 2 aromatic rings. The summed E-state index contributed by atoms with van der Waals surface area (Å²) in [7, 11) is 1.35. The van der Waals surface area contributed by atoms with E-state index in [0.29, 0.717) is 10.6 Å². The number of carbonyl (C=O) groups is 2. The first kappa shape index (κ1) is 18.6. The van der Waals surface area contributed by atoms with Crippen LogP contribution in [0.5, 0.6) is 0 Å². The SMILES string of the molecule is COC(=O)c1c(NC(=O)NN=Cc2cccc(Br)c2)sc2c1CCCC2. The zero-order valence-corrected chi connectivity index (χ0v) is 16.6. The lowest BCUT2D eigenvalue weighted by atomic mass is 9.95. The Balaban J connectivity index is 1.71. The number of fused-ring (bicyclic) bond motifs is 1. The fraction of sp³-hybridized carbons (Fsp3) is 0.278. The van der Waals surface area contributed by atoms with Gasteiger partial charge in [-0.15, -0.1) is 11.3 Å². The number of nitrogens with zero attached hydrogens (tertiary/aromatic N) is 1. The Morgan fingerprint density at radius 3 is 2.88 bits per heavy atom. The van der Waals surface area contributed by atoms with Crippen LogP contribution < -0.4 is 10.7 Å². The highest BCUT2D eigenvalue weighted by molar-refractivity contribution is 9.10. The van der Waals surface area contributed by atoms with Gasteiger partial charge >= 0.3 is 12.0 Å². The van der Waals surface area contributed by atoms with Crippen LogP contribution >= 0.6 is 27.3 Å². The van der Waals surface area contributed by atoms with Crippen LogP contribution in [0.2, 0.25) is 0 Å². The molecule has 2 N–H and O–H groups in total. The molecule has 0 aliphatic heterocycles. The van der Waals surface area contributed by atoms with Crippen LogP contribution in [0, 0.1) is 0 Å². The fourth-order valence-electron chi connectivity index (χ4n) is 2.86. The Kier molecular flexibility index (Phi) is 6.05. The van der Waals surface area contributed by atoms with Crippen LogP contribution in [-0.4, -0.2) is 25.3 Å². The van der Waals surface area contributed by atoms with Crippen LogP contribution in [0.25, 0.3) is 0 Å². The Bertz CT molecular complexity index is 863. The maximum Gasteiger partial charge on any atom is 0.341 e. The Hall–Kier alpha value is -2.19. The standard InChI is InChI=1S/C18H18BrN3O3S/c1-25-17(23)15-13-7-2-3-8-14(13)26-16(15)21-18(24)22-20-10-11-5-4-6-12(19)9-11/h4-6,9-10H,2-3,7-8H2,1H3,(H2,21,22,24). The Morgan fingerprint density at radius 2 is 2.12 bits per heavy atom. The maximum absolute atomic E-state index is 12.2. The number of aryl methyl sites for hydroxylation is 1. The molecule has 0 spiro atoms. The molecule has 3 rings (SSSR count). The van der Waals surface area contributed by atoms with Gasteiger partial charge in [0, 0.05) is 9.35 Å². The Morgan fingerprint density at radius 1 is 1.31 bits per heavy atom. The van der Waals surface area contributed by atoms with Gasteiger partial charge in [0.2, 0.25) is 0 Å². The van der Waals surface area contributed by atoms with Gasteiger partial charge in [0.25, 0.3) is 0 Å². The minimum atomic E-state index is -0.500. The average molecular weight is 436 g/mol. The second-order valence-electron chi connectivity index (χ2n) is 5.79. The topological polar surface area (TPSA) is 79.8 Å².